The SMILES string of the molecule is COC(=O)C1CC(=O)N(c2ncc(Br)cc2C(F)(F)F)C1. The fourth-order valence-electron chi connectivity index (χ4n) is 2.09. The van der Waals surface area contributed by atoms with Crippen molar-refractivity contribution in [3.05, 3.63) is 22.3 Å². The van der Waals surface area contributed by atoms with Gasteiger partial charge >= 0.3 is 12.1 Å². The predicted octanol–water partition coefficient (Wildman–Crippen LogP) is 2.39. The summed E-state index contributed by atoms with van der Waals surface area (Å²) in [5.41, 5.74) is -1.03. The highest BCUT2D eigenvalue weighted by Crippen LogP contribution is 2.38. The van der Waals surface area contributed by atoms with Gasteiger partial charge in [0.05, 0.1) is 18.6 Å². The van der Waals surface area contributed by atoms with Crippen molar-refractivity contribution in [2.75, 3.05) is 18.6 Å². The molecule has 1 aromatic heterocycles. The molecule has 1 saturated heterocycles. The summed E-state index contributed by atoms with van der Waals surface area (Å²) >= 11 is 2.92. The van der Waals surface area contributed by atoms with E-state index in [1.807, 2.05) is 0 Å². The molecule has 1 fully saturated rings. The molecule has 1 amide bonds. The molecule has 2 heterocycles. The molecular formula is C12H10BrF3N2O3. The Morgan fingerprint density at radius 3 is 2.76 bits per heavy atom. The number of alkyl halides is 3. The number of hydrogen-bond acceptors (Lipinski definition) is 4. The number of halogens is 4. The number of anilines is 1. The first-order valence-corrected chi connectivity index (χ1v) is 6.64. The van der Waals surface area contributed by atoms with Crippen molar-refractivity contribution in [3.63, 3.8) is 0 Å². The number of aromatic nitrogens is 1. The highest BCUT2D eigenvalue weighted by Gasteiger charge is 2.42. The van der Waals surface area contributed by atoms with Crippen LogP contribution in [0.25, 0.3) is 0 Å². The lowest BCUT2D eigenvalue weighted by atomic mass is 10.1. The van der Waals surface area contributed by atoms with Crippen LogP contribution in [-0.2, 0) is 20.5 Å². The molecule has 0 aromatic carbocycles. The number of hydrogen-bond donors (Lipinski definition) is 0. The molecule has 1 aliphatic rings. The van der Waals surface area contributed by atoms with Crippen LogP contribution >= 0.6 is 15.9 Å². The van der Waals surface area contributed by atoms with Crippen molar-refractivity contribution in [1.82, 2.24) is 4.98 Å². The fourth-order valence-corrected chi connectivity index (χ4v) is 2.42. The molecule has 21 heavy (non-hydrogen) atoms. The zero-order valence-corrected chi connectivity index (χ0v) is 12.4. The number of methoxy groups -OCH3 is 1. The third-order valence-corrected chi connectivity index (χ3v) is 3.49. The van der Waals surface area contributed by atoms with Gasteiger partial charge in [0.15, 0.2) is 0 Å². The van der Waals surface area contributed by atoms with E-state index in [1.165, 1.54) is 6.20 Å². The van der Waals surface area contributed by atoms with Crippen LogP contribution in [0.1, 0.15) is 12.0 Å². The van der Waals surface area contributed by atoms with Crippen molar-refractivity contribution >= 4 is 33.6 Å². The minimum atomic E-state index is -4.66. The van der Waals surface area contributed by atoms with Crippen LogP contribution in [0, 0.1) is 5.92 Å². The maximum atomic E-state index is 13.0. The lowest BCUT2D eigenvalue weighted by Crippen LogP contribution is -2.29. The van der Waals surface area contributed by atoms with Crippen molar-refractivity contribution in [1.29, 1.82) is 0 Å². The van der Waals surface area contributed by atoms with E-state index in [0.29, 0.717) is 0 Å². The summed E-state index contributed by atoms with van der Waals surface area (Å²) in [4.78, 5) is 27.8. The quantitative estimate of drug-likeness (QED) is 0.754. The summed E-state index contributed by atoms with van der Waals surface area (Å²) in [7, 11) is 1.16. The number of carbonyl (C=O) groups is 2. The van der Waals surface area contributed by atoms with Gasteiger partial charge in [-0.3, -0.25) is 14.5 Å². The monoisotopic (exact) mass is 366 g/mol. The lowest BCUT2D eigenvalue weighted by Gasteiger charge is -2.20. The first kappa shape index (κ1) is 15.7. The van der Waals surface area contributed by atoms with E-state index >= 15 is 0 Å². The molecule has 9 heteroatoms. The summed E-state index contributed by atoms with van der Waals surface area (Å²) in [5.74, 6) is -2.50. The standard InChI is InChI=1S/C12H10BrF3N2O3/c1-21-11(20)6-2-9(19)18(5-6)10-8(12(14,15)16)3-7(13)4-17-10/h3-4,6H,2,5H2,1H3. The number of amides is 1. The fraction of sp³-hybridized carbons (Fsp3) is 0.417. The molecule has 1 aromatic rings. The summed E-state index contributed by atoms with van der Waals surface area (Å²) in [6, 6.07) is 0.848. The summed E-state index contributed by atoms with van der Waals surface area (Å²) in [6.45, 7) is -0.177. The van der Waals surface area contributed by atoms with Gasteiger partial charge in [-0.15, -0.1) is 0 Å². The van der Waals surface area contributed by atoms with Crippen molar-refractivity contribution < 1.29 is 27.5 Å². The minimum absolute atomic E-state index is 0.148. The smallest absolute Gasteiger partial charge is 0.420 e. The molecule has 2 rings (SSSR count). The average molecular weight is 367 g/mol. The number of rotatable bonds is 2. The highest BCUT2D eigenvalue weighted by molar-refractivity contribution is 9.10. The Morgan fingerprint density at radius 1 is 1.52 bits per heavy atom. The topological polar surface area (TPSA) is 59.5 Å². The van der Waals surface area contributed by atoms with Crippen LogP contribution in [0.5, 0.6) is 0 Å². The summed E-state index contributed by atoms with van der Waals surface area (Å²) in [5, 5.41) is 0. The van der Waals surface area contributed by atoms with Crippen LogP contribution < -0.4 is 4.90 Å². The third-order valence-electron chi connectivity index (χ3n) is 3.05. The maximum absolute atomic E-state index is 13.0. The number of pyridine rings is 1. The van der Waals surface area contributed by atoms with Gasteiger partial charge in [-0.05, 0) is 22.0 Å². The molecule has 0 aliphatic carbocycles. The highest BCUT2D eigenvalue weighted by atomic mass is 79.9. The van der Waals surface area contributed by atoms with E-state index in [4.69, 9.17) is 0 Å². The van der Waals surface area contributed by atoms with E-state index in [2.05, 4.69) is 25.7 Å². The predicted molar refractivity (Wildman–Crippen MR) is 69.4 cm³/mol. The maximum Gasteiger partial charge on any atom is 0.420 e. The molecule has 5 nitrogen and oxygen atoms in total. The zero-order valence-electron chi connectivity index (χ0n) is 10.8. The van der Waals surface area contributed by atoms with Crippen LogP contribution in [0.3, 0.4) is 0 Å². The largest absolute Gasteiger partial charge is 0.469 e. The van der Waals surface area contributed by atoms with Crippen LogP contribution in [0.15, 0.2) is 16.7 Å². The van der Waals surface area contributed by atoms with Gasteiger partial charge < -0.3 is 4.74 Å². The Kier molecular flexibility index (Phi) is 4.22. The van der Waals surface area contributed by atoms with Gasteiger partial charge in [0.2, 0.25) is 5.91 Å². The van der Waals surface area contributed by atoms with E-state index < -0.39 is 35.4 Å². The van der Waals surface area contributed by atoms with Crippen molar-refractivity contribution in [2.24, 2.45) is 5.92 Å². The molecular weight excluding hydrogens is 357 g/mol. The van der Waals surface area contributed by atoms with Crippen molar-refractivity contribution in [3.8, 4) is 0 Å². The molecule has 0 spiro atoms. The van der Waals surface area contributed by atoms with Crippen molar-refractivity contribution in [2.45, 2.75) is 12.6 Å². The van der Waals surface area contributed by atoms with E-state index in [-0.39, 0.29) is 17.4 Å². The lowest BCUT2D eigenvalue weighted by molar-refractivity contribution is -0.145. The van der Waals surface area contributed by atoms with E-state index in [0.717, 1.165) is 18.1 Å². The normalized spacial score (nSPS) is 19.0. The summed E-state index contributed by atoms with van der Waals surface area (Å²) < 4.78 is 43.8. The molecule has 0 N–H and O–H groups in total. The van der Waals surface area contributed by atoms with Crippen LogP contribution in [-0.4, -0.2) is 30.5 Å². The Balaban J connectivity index is 2.39. The second kappa shape index (κ2) is 5.63. The van der Waals surface area contributed by atoms with Crippen LogP contribution in [0.4, 0.5) is 19.0 Å². The minimum Gasteiger partial charge on any atom is -0.469 e. The van der Waals surface area contributed by atoms with Gasteiger partial charge in [0, 0.05) is 23.6 Å². The number of nitrogens with zero attached hydrogens (tertiary/aromatic N) is 2. The molecule has 0 bridgehead atoms. The van der Waals surface area contributed by atoms with Gasteiger partial charge in [-0.25, -0.2) is 4.98 Å². The van der Waals surface area contributed by atoms with Gasteiger partial charge in [0.1, 0.15) is 5.82 Å². The van der Waals surface area contributed by atoms with Crippen LogP contribution in [0.2, 0.25) is 0 Å². The van der Waals surface area contributed by atoms with Gasteiger partial charge in [-0.1, -0.05) is 0 Å². The first-order chi connectivity index (χ1) is 9.74. The van der Waals surface area contributed by atoms with E-state index in [1.54, 1.807) is 0 Å². The zero-order chi connectivity index (χ0) is 15.8. The Labute approximate surface area is 126 Å². The van der Waals surface area contributed by atoms with Gasteiger partial charge in [-0.2, -0.15) is 13.2 Å². The average Bonchev–Trinajstić information content (AvgIpc) is 2.79. The number of carbonyl (C=O) groups excluding carboxylic acids is 2. The van der Waals surface area contributed by atoms with E-state index in [9.17, 15) is 22.8 Å². The first-order valence-electron chi connectivity index (χ1n) is 5.85. The molecule has 0 saturated carbocycles. The third kappa shape index (κ3) is 3.17. The molecule has 1 atom stereocenters. The second-order valence-corrected chi connectivity index (χ2v) is 5.37. The number of ether oxygens (including phenoxy) is 1. The Morgan fingerprint density at radius 2 is 2.19 bits per heavy atom. The Bertz CT molecular complexity index is 592. The summed E-state index contributed by atoms with van der Waals surface area (Å²) in [6.07, 6.45) is -3.68. The molecule has 1 aliphatic heterocycles. The molecule has 114 valence electrons. The molecule has 1 unspecified atom stereocenters. The number of esters is 1. The van der Waals surface area contributed by atoms with Gasteiger partial charge in [0.25, 0.3) is 0 Å². The Hall–Kier alpha value is -1.64. The second-order valence-electron chi connectivity index (χ2n) is 4.45. The molecule has 0 radical (unpaired) electrons.